The van der Waals surface area contributed by atoms with Crippen LogP contribution in [-0.4, -0.2) is 8.07 Å². The van der Waals surface area contributed by atoms with E-state index in [-0.39, 0.29) is 10.8 Å². The Bertz CT molecular complexity index is 1900. The number of anilines is 2. The molecule has 8 rings (SSSR count). The first-order valence-electron chi connectivity index (χ1n) is 15.9. The molecular weight excluding hydrogens is 523 g/mol. The third-order valence-corrected chi connectivity index (χ3v) is 12.8. The molecule has 0 aliphatic heterocycles. The molecule has 0 atom stereocenters. The number of rotatable bonds is 3. The molecule has 0 radical (unpaired) electrons. The summed E-state index contributed by atoms with van der Waals surface area (Å²) in [5, 5.41) is 8.10. The van der Waals surface area contributed by atoms with Crippen LogP contribution in [0, 0.1) is 0 Å². The van der Waals surface area contributed by atoms with Crippen LogP contribution in [0.15, 0.2) is 91.0 Å². The lowest BCUT2D eigenvalue weighted by atomic mass is 9.67. The Labute approximate surface area is 252 Å². The summed E-state index contributed by atoms with van der Waals surface area (Å²) in [7, 11) is -1.48. The van der Waals surface area contributed by atoms with E-state index in [9.17, 15) is 0 Å². The van der Waals surface area contributed by atoms with Gasteiger partial charge < -0.3 is 5.32 Å². The Morgan fingerprint density at radius 1 is 0.619 bits per heavy atom. The smallest absolute Gasteiger partial charge is 0.0803 e. The molecule has 5 aromatic carbocycles. The van der Waals surface area contributed by atoms with E-state index < -0.39 is 8.07 Å². The number of nitrogens with one attached hydrogen (secondary N) is 1. The van der Waals surface area contributed by atoms with E-state index in [1.54, 1.807) is 11.1 Å². The van der Waals surface area contributed by atoms with Crippen molar-refractivity contribution >= 4 is 35.4 Å². The van der Waals surface area contributed by atoms with Crippen molar-refractivity contribution in [2.45, 2.75) is 76.4 Å². The Morgan fingerprint density at radius 3 is 2.14 bits per heavy atom. The SMILES string of the molecule is CC1(C)c2cc3c(cc2-c2c1ccc1ccccc21)C1(CCCCC1)c1cc(Nc2ccccc2[Si](C)(C)C)ccc1-3. The summed E-state index contributed by atoms with van der Waals surface area (Å²) in [4.78, 5) is 0. The molecule has 0 heterocycles. The Morgan fingerprint density at radius 2 is 1.33 bits per heavy atom. The molecule has 42 heavy (non-hydrogen) atoms. The predicted octanol–water partition coefficient (Wildman–Crippen LogP) is 10.7. The molecule has 5 aromatic rings. The van der Waals surface area contributed by atoms with Gasteiger partial charge in [0.05, 0.1) is 8.07 Å². The summed E-state index contributed by atoms with van der Waals surface area (Å²) in [5.41, 5.74) is 14.5. The quantitative estimate of drug-likeness (QED) is 0.215. The van der Waals surface area contributed by atoms with E-state index in [1.165, 1.54) is 92.8 Å². The molecule has 0 amide bonds. The maximum Gasteiger partial charge on any atom is 0.0803 e. The summed E-state index contributed by atoms with van der Waals surface area (Å²) >= 11 is 0. The van der Waals surface area contributed by atoms with Gasteiger partial charge in [0, 0.05) is 22.2 Å². The molecule has 0 aromatic heterocycles. The fourth-order valence-corrected chi connectivity index (χ4v) is 10.2. The van der Waals surface area contributed by atoms with Crippen molar-refractivity contribution in [3.8, 4) is 22.3 Å². The highest BCUT2D eigenvalue weighted by Crippen LogP contribution is 2.60. The highest BCUT2D eigenvalue weighted by Gasteiger charge is 2.46. The van der Waals surface area contributed by atoms with Crippen LogP contribution in [-0.2, 0) is 10.8 Å². The summed E-state index contributed by atoms with van der Waals surface area (Å²) in [5.74, 6) is 0. The topological polar surface area (TPSA) is 12.0 Å². The number of para-hydroxylation sites is 1. The van der Waals surface area contributed by atoms with Gasteiger partial charge in [-0.15, -0.1) is 0 Å². The summed E-state index contributed by atoms with van der Waals surface area (Å²) in [6.07, 6.45) is 6.44. The maximum atomic E-state index is 3.88. The van der Waals surface area contributed by atoms with Gasteiger partial charge in [-0.05, 0) is 104 Å². The molecular formula is C40H41NSi. The second-order valence-electron chi connectivity index (χ2n) is 14.6. The lowest BCUT2D eigenvalue weighted by Gasteiger charge is -2.36. The molecule has 1 saturated carbocycles. The van der Waals surface area contributed by atoms with Crippen molar-refractivity contribution in [2.75, 3.05) is 5.32 Å². The molecule has 0 bridgehead atoms. The highest BCUT2D eigenvalue weighted by molar-refractivity contribution is 6.89. The summed E-state index contributed by atoms with van der Waals surface area (Å²) < 4.78 is 0. The zero-order valence-corrected chi connectivity index (χ0v) is 26.7. The van der Waals surface area contributed by atoms with Gasteiger partial charge in [0.25, 0.3) is 0 Å². The molecule has 1 N–H and O–H groups in total. The Balaban J connectivity index is 1.32. The van der Waals surface area contributed by atoms with Crippen molar-refractivity contribution in [3.05, 3.63) is 113 Å². The number of fused-ring (bicyclic) bond motifs is 10. The minimum absolute atomic E-state index is 0.0196. The van der Waals surface area contributed by atoms with Gasteiger partial charge in [-0.25, -0.2) is 0 Å². The van der Waals surface area contributed by atoms with E-state index in [4.69, 9.17) is 0 Å². The second-order valence-corrected chi connectivity index (χ2v) is 19.6. The van der Waals surface area contributed by atoms with Crippen molar-refractivity contribution in [2.24, 2.45) is 0 Å². The lowest BCUT2D eigenvalue weighted by Crippen LogP contribution is -2.39. The number of benzene rings is 5. The molecule has 210 valence electrons. The number of hydrogen-bond acceptors (Lipinski definition) is 1. The van der Waals surface area contributed by atoms with Gasteiger partial charge in [-0.1, -0.05) is 113 Å². The first kappa shape index (κ1) is 26.0. The number of hydrogen-bond donors (Lipinski definition) is 1. The fourth-order valence-electron chi connectivity index (χ4n) is 8.66. The van der Waals surface area contributed by atoms with Gasteiger partial charge in [-0.2, -0.15) is 0 Å². The minimum atomic E-state index is -1.48. The average molecular weight is 564 g/mol. The van der Waals surface area contributed by atoms with Crippen molar-refractivity contribution < 1.29 is 0 Å². The molecule has 0 unspecified atom stereocenters. The van der Waals surface area contributed by atoms with Gasteiger partial charge in [0.1, 0.15) is 0 Å². The van der Waals surface area contributed by atoms with E-state index in [0.717, 1.165) is 0 Å². The summed E-state index contributed by atoms with van der Waals surface area (Å²) in [6.45, 7) is 12.2. The standard InChI is InChI=1S/C40H41NSi/c1-39(2)32-20-17-26-13-7-8-14-28(26)38(32)31-25-35-30(24-33(31)39)29-19-18-27(23-34(29)40(35)21-11-6-12-22-40)41-36-15-9-10-16-37(36)42(3,4)5/h7-10,13-20,23-25,41H,6,11-12,21-22H2,1-5H3. The molecule has 1 nitrogen and oxygen atoms in total. The largest absolute Gasteiger partial charge is 0.356 e. The van der Waals surface area contributed by atoms with Crippen LogP contribution in [0.25, 0.3) is 33.0 Å². The third kappa shape index (κ3) is 3.61. The van der Waals surface area contributed by atoms with Gasteiger partial charge in [0.2, 0.25) is 0 Å². The molecule has 1 fully saturated rings. The first-order valence-corrected chi connectivity index (χ1v) is 19.4. The summed E-state index contributed by atoms with van der Waals surface area (Å²) in [6, 6.07) is 35.1. The molecule has 2 heteroatoms. The van der Waals surface area contributed by atoms with Crippen LogP contribution in [0.3, 0.4) is 0 Å². The zero-order chi connectivity index (χ0) is 28.9. The molecule has 0 saturated heterocycles. The van der Waals surface area contributed by atoms with Crippen LogP contribution >= 0.6 is 0 Å². The normalized spacial score (nSPS) is 17.5. The third-order valence-electron chi connectivity index (χ3n) is 10.8. The lowest BCUT2D eigenvalue weighted by molar-refractivity contribution is 0.353. The second kappa shape index (κ2) is 8.94. The molecule has 3 aliphatic carbocycles. The fraction of sp³-hybridized carbons (Fsp3) is 0.300. The Hall–Kier alpha value is -3.62. The van der Waals surface area contributed by atoms with E-state index in [0.29, 0.717) is 0 Å². The maximum absolute atomic E-state index is 3.88. The Kier molecular flexibility index (Phi) is 5.54. The average Bonchev–Trinajstić information content (AvgIpc) is 3.37. The highest BCUT2D eigenvalue weighted by atomic mass is 28.3. The molecule has 3 aliphatic rings. The van der Waals surface area contributed by atoms with Crippen LogP contribution in [0.4, 0.5) is 11.4 Å². The van der Waals surface area contributed by atoms with Crippen LogP contribution in [0.2, 0.25) is 19.6 Å². The first-order chi connectivity index (χ1) is 20.2. The van der Waals surface area contributed by atoms with Crippen molar-refractivity contribution in [1.29, 1.82) is 0 Å². The minimum Gasteiger partial charge on any atom is -0.356 e. The van der Waals surface area contributed by atoms with Crippen molar-refractivity contribution in [1.82, 2.24) is 0 Å². The van der Waals surface area contributed by atoms with Crippen molar-refractivity contribution in [3.63, 3.8) is 0 Å². The zero-order valence-electron chi connectivity index (χ0n) is 25.7. The van der Waals surface area contributed by atoms with E-state index in [2.05, 4.69) is 130 Å². The van der Waals surface area contributed by atoms with Crippen LogP contribution < -0.4 is 10.5 Å². The van der Waals surface area contributed by atoms with Gasteiger partial charge in [-0.3, -0.25) is 0 Å². The predicted molar refractivity (Wildman–Crippen MR) is 184 cm³/mol. The molecule has 1 spiro atoms. The van der Waals surface area contributed by atoms with Crippen LogP contribution in [0.5, 0.6) is 0 Å². The van der Waals surface area contributed by atoms with Gasteiger partial charge >= 0.3 is 0 Å². The van der Waals surface area contributed by atoms with E-state index in [1.807, 2.05) is 0 Å². The monoisotopic (exact) mass is 563 g/mol. The van der Waals surface area contributed by atoms with E-state index >= 15 is 0 Å². The van der Waals surface area contributed by atoms with Crippen LogP contribution in [0.1, 0.15) is 68.2 Å². The van der Waals surface area contributed by atoms with Gasteiger partial charge in [0.15, 0.2) is 0 Å².